The largest absolute Gasteiger partial charge is 0.478 e. The van der Waals surface area contributed by atoms with Crippen LogP contribution in [0.3, 0.4) is 0 Å². The van der Waals surface area contributed by atoms with E-state index in [1.165, 1.54) is 16.3 Å². The number of carbonyl (C=O) groups is 1. The molecule has 2 aromatic rings. The number of fused-ring (bicyclic) bond motifs is 1. The van der Waals surface area contributed by atoms with Crippen molar-refractivity contribution in [2.75, 3.05) is 6.54 Å². The van der Waals surface area contributed by atoms with Gasteiger partial charge >= 0.3 is 12.1 Å². The van der Waals surface area contributed by atoms with Gasteiger partial charge in [0.25, 0.3) is 0 Å². The minimum atomic E-state index is -4.20. The molecule has 0 bridgehead atoms. The third kappa shape index (κ3) is 5.42. The van der Waals surface area contributed by atoms with E-state index in [2.05, 4.69) is 13.8 Å². The van der Waals surface area contributed by atoms with E-state index >= 15 is 0 Å². The maximum Gasteiger partial charge on any atom is 0.389 e. The van der Waals surface area contributed by atoms with E-state index < -0.39 is 18.6 Å². The smallest absolute Gasteiger partial charge is 0.389 e. The van der Waals surface area contributed by atoms with Gasteiger partial charge in [-0.2, -0.15) is 13.2 Å². The zero-order chi connectivity index (χ0) is 22.1. The van der Waals surface area contributed by atoms with Crippen molar-refractivity contribution >= 4 is 17.3 Å². The lowest BCUT2D eigenvalue weighted by Crippen LogP contribution is -2.32. The van der Waals surface area contributed by atoms with Gasteiger partial charge in [0, 0.05) is 29.3 Å². The first-order chi connectivity index (χ1) is 14.0. The van der Waals surface area contributed by atoms with Crippen molar-refractivity contribution in [3.63, 3.8) is 0 Å². The van der Waals surface area contributed by atoms with Crippen LogP contribution in [0.5, 0.6) is 0 Å². The van der Waals surface area contributed by atoms with Gasteiger partial charge in [-0.25, -0.2) is 9.80 Å². The number of aryl methyl sites for hydroxylation is 1. The summed E-state index contributed by atoms with van der Waals surface area (Å²) in [6.45, 7) is 4.66. The summed E-state index contributed by atoms with van der Waals surface area (Å²) in [5, 5.41) is 11.3. The van der Waals surface area contributed by atoms with Crippen LogP contribution in [-0.2, 0) is 19.4 Å². The van der Waals surface area contributed by atoms with Gasteiger partial charge in [0.05, 0.1) is 5.56 Å². The lowest BCUT2D eigenvalue weighted by molar-refractivity contribution is -0.136. The molecule has 0 spiro atoms. The number of hydrazine groups is 1. The van der Waals surface area contributed by atoms with Gasteiger partial charge in [-0.15, -0.1) is 11.3 Å². The molecule has 0 atom stereocenters. The predicted molar refractivity (Wildman–Crippen MR) is 112 cm³/mol. The molecule has 1 aromatic carbocycles. The number of rotatable bonds is 7. The Bertz CT molecular complexity index is 922. The molecule has 1 aliphatic carbocycles. The van der Waals surface area contributed by atoms with Gasteiger partial charge in [-0.3, -0.25) is 5.84 Å². The second-order valence-electron chi connectivity index (χ2n) is 8.70. The van der Waals surface area contributed by atoms with E-state index in [1.807, 2.05) is 24.3 Å². The number of carboxylic acid groups (broad SMARTS) is 1. The summed E-state index contributed by atoms with van der Waals surface area (Å²) in [5.74, 6) is 5.03. The molecule has 30 heavy (non-hydrogen) atoms. The van der Waals surface area contributed by atoms with Crippen LogP contribution in [0.1, 0.15) is 59.5 Å². The Morgan fingerprint density at radius 3 is 2.67 bits per heavy atom. The average Bonchev–Trinajstić information content (AvgIpc) is 2.98. The maximum atomic E-state index is 12.4. The van der Waals surface area contributed by atoms with E-state index in [9.17, 15) is 23.1 Å². The predicted octanol–water partition coefficient (Wildman–Crippen LogP) is 5.65. The van der Waals surface area contributed by atoms with Crippen LogP contribution in [0.2, 0.25) is 0 Å². The van der Waals surface area contributed by atoms with Gasteiger partial charge in [-0.1, -0.05) is 38.1 Å². The zero-order valence-electron chi connectivity index (χ0n) is 17.2. The molecule has 1 aliphatic rings. The number of aromatic carboxylic acids is 1. The SMILES string of the molecule is CC1(C)CCc2sc(-c3ccccc3CN(N)CCCC(F)(F)F)c(C(=O)O)c2C1. The summed E-state index contributed by atoms with van der Waals surface area (Å²) in [4.78, 5) is 14.0. The van der Waals surface area contributed by atoms with Crippen molar-refractivity contribution in [2.24, 2.45) is 11.3 Å². The molecule has 3 N–H and O–H groups in total. The van der Waals surface area contributed by atoms with E-state index in [1.54, 1.807) is 0 Å². The Kier molecular flexibility index (Phi) is 6.60. The number of nitrogens with zero attached hydrogens (tertiary/aromatic N) is 1. The van der Waals surface area contributed by atoms with Crippen molar-refractivity contribution in [3.05, 3.63) is 45.8 Å². The van der Waals surface area contributed by atoms with Crippen LogP contribution < -0.4 is 5.84 Å². The van der Waals surface area contributed by atoms with Crippen molar-refractivity contribution in [1.29, 1.82) is 0 Å². The quantitative estimate of drug-likeness (QED) is 0.432. The van der Waals surface area contributed by atoms with Crippen LogP contribution >= 0.6 is 11.3 Å². The first kappa shape index (κ1) is 22.8. The molecule has 1 aromatic heterocycles. The summed E-state index contributed by atoms with van der Waals surface area (Å²) in [7, 11) is 0. The van der Waals surface area contributed by atoms with Crippen molar-refractivity contribution in [2.45, 2.75) is 58.7 Å². The van der Waals surface area contributed by atoms with Gasteiger partial charge in [0.2, 0.25) is 0 Å². The molecule has 1 heterocycles. The summed E-state index contributed by atoms with van der Waals surface area (Å²) < 4.78 is 37.2. The number of carboxylic acids is 1. The van der Waals surface area contributed by atoms with Gasteiger partial charge in [-0.05, 0) is 47.8 Å². The third-order valence-electron chi connectivity index (χ3n) is 5.53. The lowest BCUT2D eigenvalue weighted by atomic mass is 9.76. The minimum Gasteiger partial charge on any atom is -0.478 e. The topological polar surface area (TPSA) is 66.6 Å². The zero-order valence-corrected chi connectivity index (χ0v) is 18.0. The molecule has 164 valence electrons. The first-order valence-corrected chi connectivity index (χ1v) is 10.8. The maximum absolute atomic E-state index is 12.4. The summed E-state index contributed by atoms with van der Waals surface area (Å²) in [6, 6.07) is 7.40. The van der Waals surface area contributed by atoms with Gasteiger partial charge < -0.3 is 5.11 Å². The highest BCUT2D eigenvalue weighted by atomic mass is 32.1. The number of thiophene rings is 1. The normalized spacial score (nSPS) is 16.0. The van der Waals surface area contributed by atoms with Crippen LogP contribution in [0.25, 0.3) is 10.4 Å². The Balaban J connectivity index is 1.89. The number of hydrogen-bond acceptors (Lipinski definition) is 4. The highest BCUT2D eigenvalue weighted by Crippen LogP contribution is 2.45. The highest BCUT2D eigenvalue weighted by molar-refractivity contribution is 7.16. The van der Waals surface area contributed by atoms with Crippen molar-refractivity contribution < 1.29 is 23.1 Å². The molecular formula is C22H27F3N2O2S. The molecule has 0 fully saturated rings. The minimum absolute atomic E-state index is 0.0571. The summed E-state index contributed by atoms with van der Waals surface area (Å²) in [5.41, 5.74) is 2.94. The Hall–Kier alpha value is -1.90. The van der Waals surface area contributed by atoms with Crippen molar-refractivity contribution in [1.82, 2.24) is 5.01 Å². The number of halogens is 3. The lowest BCUT2D eigenvalue weighted by Gasteiger charge is -2.29. The van der Waals surface area contributed by atoms with Crippen molar-refractivity contribution in [3.8, 4) is 10.4 Å². The highest BCUT2D eigenvalue weighted by Gasteiger charge is 2.33. The van der Waals surface area contributed by atoms with Crippen LogP contribution in [0.15, 0.2) is 24.3 Å². The molecule has 4 nitrogen and oxygen atoms in total. The molecular weight excluding hydrogens is 413 g/mol. The van der Waals surface area contributed by atoms with Crippen LogP contribution in [0, 0.1) is 5.41 Å². The molecule has 0 radical (unpaired) electrons. The molecule has 3 rings (SSSR count). The first-order valence-electron chi connectivity index (χ1n) is 9.99. The fourth-order valence-corrected chi connectivity index (χ4v) is 5.37. The second-order valence-corrected chi connectivity index (χ2v) is 9.81. The second kappa shape index (κ2) is 8.69. The van der Waals surface area contributed by atoms with E-state index in [0.717, 1.165) is 40.8 Å². The number of benzene rings is 1. The summed E-state index contributed by atoms with van der Waals surface area (Å²) >= 11 is 1.52. The number of alkyl halides is 3. The van der Waals surface area contributed by atoms with E-state index in [4.69, 9.17) is 5.84 Å². The molecule has 0 unspecified atom stereocenters. The number of nitrogens with two attached hydrogens (primary N) is 1. The fourth-order valence-electron chi connectivity index (χ4n) is 4.00. The molecule has 0 saturated heterocycles. The van der Waals surface area contributed by atoms with Crippen LogP contribution in [-0.4, -0.2) is 28.8 Å². The standard InChI is InChI=1S/C22H27F3N2O2S/c1-21(2)10-8-17-16(12-21)18(20(28)29)19(30-17)15-7-4-3-6-14(15)13-27(26)11-5-9-22(23,24)25/h3-4,6-7H,5,8-13,26H2,1-2H3,(H,28,29). The fraction of sp³-hybridized carbons (Fsp3) is 0.500. The molecule has 0 aliphatic heterocycles. The van der Waals surface area contributed by atoms with Crippen LogP contribution in [0.4, 0.5) is 13.2 Å². The van der Waals surface area contributed by atoms with E-state index in [0.29, 0.717) is 10.4 Å². The Morgan fingerprint density at radius 1 is 1.30 bits per heavy atom. The summed E-state index contributed by atoms with van der Waals surface area (Å²) in [6.07, 6.45) is -2.56. The molecule has 8 heteroatoms. The average molecular weight is 441 g/mol. The third-order valence-corrected chi connectivity index (χ3v) is 6.85. The Labute approximate surface area is 178 Å². The monoisotopic (exact) mass is 440 g/mol. The Morgan fingerprint density at radius 2 is 2.00 bits per heavy atom. The van der Waals surface area contributed by atoms with Gasteiger partial charge in [0.15, 0.2) is 0 Å². The number of hydrogen-bond donors (Lipinski definition) is 2. The molecule has 0 amide bonds. The molecule has 0 saturated carbocycles. The van der Waals surface area contributed by atoms with E-state index in [-0.39, 0.29) is 24.9 Å². The van der Waals surface area contributed by atoms with Gasteiger partial charge in [0.1, 0.15) is 0 Å².